The molecule has 0 radical (unpaired) electrons. The van der Waals surface area contributed by atoms with Gasteiger partial charge in [-0.2, -0.15) is 0 Å². The number of carbonyl (C=O) groups is 2. The number of aryl methyl sites for hydroxylation is 3. The summed E-state index contributed by atoms with van der Waals surface area (Å²) in [6.45, 7) is 7.04. The SMILES string of the molecule is Cc1ccc(CN(C(=O)CN(c2ccc(C)c(Cl)c2)S(=O)(=O)c2ccc(C)cc2)C(C)C(=O)NC2CCCCC2)cc1. The van der Waals surface area contributed by atoms with E-state index in [1.807, 2.05) is 45.0 Å². The third-order valence-corrected chi connectivity index (χ3v) is 10.1. The Kier molecular flexibility index (Phi) is 10.3. The van der Waals surface area contributed by atoms with Crippen LogP contribution in [0.3, 0.4) is 0 Å². The van der Waals surface area contributed by atoms with E-state index in [-0.39, 0.29) is 29.1 Å². The maximum atomic E-state index is 14.1. The lowest BCUT2D eigenvalue weighted by Gasteiger charge is -2.33. The van der Waals surface area contributed by atoms with Crippen molar-refractivity contribution >= 4 is 39.1 Å². The number of hydrogen-bond donors (Lipinski definition) is 1. The van der Waals surface area contributed by atoms with Crippen molar-refractivity contribution in [3.63, 3.8) is 0 Å². The molecule has 4 rings (SSSR count). The van der Waals surface area contributed by atoms with Gasteiger partial charge in [-0.3, -0.25) is 13.9 Å². The highest BCUT2D eigenvalue weighted by Gasteiger charge is 2.33. The Hall–Kier alpha value is -3.36. The molecule has 3 aromatic rings. The molecule has 2 amide bonds. The summed E-state index contributed by atoms with van der Waals surface area (Å²) in [6, 6.07) is 18.4. The largest absolute Gasteiger partial charge is 0.352 e. The zero-order valence-electron chi connectivity index (χ0n) is 24.8. The first kappa shape index (κ1) is 31.6. The van der Waals surface area contributed by atoms with E-state index in [1.165, 1.54) is 17.0 Å². The molecule has 0 saturated heterocycles. The van der Waals surface area contributed by atoms with E-state index in [9.17, 15) is 18.0 Å². The number of nitrogens with zero attached hydrogens (tertiary/aromatic N) is 2. The molecule has 0 heterocycles. The van der Waals surface area contributed by atoms with Gasteiger partial charge in [0.25, 0.3) is 10.0 Å². The molecule has 224 valence electrons. The standard InChI is InChI=1S/C33H40ClN3O4S/c1-23-10-15-27(16-11-23)21-36(26(4)33(39)35-28-8-6-5-7-9-28)32(38)22-37(29-17-14-25(3)31(34)20-29)42(40,41)30-18-12-24(2)13-19-30/h10-20,26,28H,5-9,21-22H2,1-4H3,(H,35,39). The molecule has 1 N–H and O–H groups in total. The minimum atomic E-state index is -4.15. The average Bonchev–Trinajstić information content (AvgIpc) is 2.97. The highest BCUT2D eigenvalue weighted by molar-refractivity contribution is 7.92. The Balaban J connectivity index is 1.69. The number of benzene rings is 3. The van der Waals surface area contributed by atoms with E-state index < -0.39 is 28.5 Å². The number of hydrogen-bond acceptors (Lipinski definition) is 4. The van der Waals surface area contributed by atoms with E-state index in [4.69, 9.17) is 11.6 Å². The highest BCUT2D eigenvalue weighted by Crippen LogP contribution is 2.29. The molecule has 1 fully saturated rings. The molecule has 3 aromatic carbocycles. The Bertz CT molecular complexity index is 1500. The molecule has 1 saturated carbocycles. The molecule has 7 nitrogen and oxygen atoms in total. The smallest absolute Gasteiger partial charge is 0.264 e. The first-order chi connectivity index (χ1) is 20.0. The number of sulfonamides is 1. The first-order valence-corrected chi connectivity index (χ1v) is 16.3. The number of halogens is 1. The fourth-order valence-corrected chi connectivity index (χ4v) is 6.73. The van der Waals surface area contributed by atoms with Crippen LogP contribution in [0.5, 0.6) is 0 Å². The van der Waals surface area contributed by atoms with E-state index in [0.29, 0.717) is 5.02 Å². The molecule has 1 atom stereocenters. The Morgan fingerprint density at radius 3 is 2.10 bits per heavy atom. The maximum Gasteiger partial charge on any atom is 0.264 e. The van der Waals surface area contributed by atoms with Crippen molar-refractivity contribution in [2.45, 2.75) is 83.3 Å². The van der Waals surface area contributed by atoms with Crippen LogP contribution in [0.2, 0.25) is 5.02 Å². The van der Waals surface area contributed by atoms with Crippen LogP contribution in [0.4, 0.5) is 5.69 Å². The molecule has 1 unspecified atom stereocenters. The molecule has 9 heteroatoms. The van der Waals surface area contributed by atoms with Crippen LogP contribution in [0.15, 0.2) is 71.6 Å². The topological polar surface area (TPSA) is 86.8 Å². The van der Waals surface area contributed by atoms with Crippen LogP contribution >= 0.6 is 11.6 Å². The lowest BCUT2D eigenvalue weighted by Crippen LogP contribution is -2.53. The molecular weight excluding hydrogens is 570 g/mol. The van der Waals surface area contributed by atoms with Crippen LogP contribution < -0.4 is 9.62 Å². The predicted octanol–water partition coefficient (Wildman–Crippen LogP) is 6.33. The normalized spacial score (nSPS) is 14.7. The van der Waals surface area contributed by atoms with E-state index in [2.05, 4.69) is 5.32 Å². The summed E-state index contributed by atoms with van der Waals surface area (Å²) in [7, 11) is -4.15. The van der Waals surface area contributed by atoms with Crippen LogP contribution in [0.1, 0.15) is 61.3 Å². The van der Waals surface area contributed by atoms with Gasteiger partial charge in [0.1, 0.15) is 12.6 Å². The number of amides is 2. The second kappa shape index (κ2) is 13.7. The molecule has 42 heavy (non-hydrogen) atoms. The monoisotopic (exact) mass is 609 g/mol. The second-order valence-electron chi connectivity index (χ2n) is 11.3. The average molecular weight is 610 g/mol. The van der Waals surface area contributed by atoms with Gasteiger partial charge in [-0.1, -0.05) is 84.5 Å². The molecule has 0 spiro atoms. The summed E-state index contributed by atoms with van der Waals surface area (Å²) in [6.07, 6.45) is 5.13. The van der Waals surface area contributed by atoms with Gasteiger partial charge in [-0.05, 0) is 75.9 Å². The number of rotatable bonds is 10. The van der Waals surface area contributed by atoms with Crippen LogP contribution in [-0.2, 0) is 26.2 Å². The maximum absolute atomic E-state index is 14.1. The van der Waals surface area contributed by atoms with Crippen molar-refractivity contribution < 1.29 is 18.0 Å². The fraction of sp³-hybridized carbons (Fsp3) is 0.394. The first-order valence-electron chi connectivity index (χ1n) is 14.5. The minimum absolute atomic E-state index is 0.0609. The summed E-state index contributed by atoms with van der Waals surface area (Å²) in [5.74, 6) is -0.733. The fourth-order valence-electron chi connectivity index (χ4n) is 5.14. The van der Waals surface area contributed by atoms with Crippen LogP contribution in [-0.4, -0.2) is 43.8 Å². The van der Waals surface area contributed by atoms with E-state index in [0.717, 1.165) is 58.7 Å². The molecule has 0 aliphatic heterocycles. The summed E-state index contributed by atoms with van der Waals surface area (Å²) in [4.78, 5) is 29.1. The van der Waals surface area contributed by atoms with Gasteiger partial charge in [0.2, 0.25) is 11.8 Å². The second-order valence-corrected chi connectivity index (χ2v) is 13.6. The Morgan fingerprint density at radius 1 is 0.905 bits per heavy atom. The molecule has 1 aliphatic carbocycles. The van der Waals surface area contributed by atoms with Gasteiger partial charge < -0.3 is 10.2 Å². The number of anilines is 1. The van der Waals surface area contributed by atoms with Gasteiger partial charge in [-0.15, -0.1) is 0 Å². The molecule has 0 bridgehead atoms. The highest BCUT2D eigenvalue weighted by atomic mass is 35.5. The molecule has 1 aliphatic rings. The third kappa shape index (κ3) is 7.72. The lowest BCUT2D eigenvalue weighted by atomic mass is 9.95. The zero-order valence-corrected chi connectivity index (χ0v) is 26.3. The summed E-state index contributed by atoms with van der Waals surface area (Å²) >= 11 is 6.41. The van der Waals surface area contributed by atoms with Crippen molar-refractivity contribution in [2.24, 2.45) is 0 Å². The van der Waals surface area contributed by atoms with Crippen molar-refractivity contribution in [1.29, 1.82) is 0 Å². The number of nitrogens with one attached hydrogen (secondary N) is 1. The van der Waals surface area contributed by atoms with Gasteiger partial charge in [0.05, 0.1) is 10.6 Å². The summed E-state index contributed by atoms with van der Waals surface area (Å²) in [5.41, 5.74) is 3.89. The van der Waals surface area contributed by atoms with E-state index in [1.54, 1.807) is 37.3 Å². The van der Waals surface area contributed by atoms with Crippen molar-refractivity contribution in [1.82, 2.24) is 10.2 Å². The molecule has 0 aromatic heterocycles. The third-order valence-electron chi connectivity index (χ3n) is 7.92. The van der Waals surface area contributed by atoms with Crippen molar-refractivity contribution in [3.8, 4) is 0 Å². The Morgan fingerprint density at radius 2 is 1.50 bits per heavy atom. The molecular formula is C33H40ClN3O4S. The summed E-state index contributed by atoms with van der Waals surface area (Å²) in [5, 5.41) is 3.52. The van der Waals surface area contributed by atoms with Gasteiger partial charge >= 0.3 is 0 Å². The van der Waals surface area contributed by atoms with Crippen molar-refractivity contribution in [2.75, 3.05) is 10.8 Å². The van der Waals surface area contributed by atoms with Crippen LogP contribution in [0.25, 0.3) is 0 Å². The van der Waals surface area contributed by atoms with Crippen molar-refractivity contribution in [3.05, 3.63) is 94.0 Å². The quantitative estimate of drug-likeness (QED) is 0.291. The predicted molar refractivity (Wildman–Crippen MR) is 168 cm³/mol. The van der Waals surface area contributed by atoms with E-state index >= 15 is 0 Å². The Labute approximate surface area is 254 Å². The summed E-state index contributed by atoms with van der Waals surface area (Å²) < 4.78 is 29.1. The number of carbonyl (C=O) groups excluding carboxylic acids is 2. The zero-order chi connectivity index (χ0) is 30.4. The van der Waals surface area contributed by atoms with Gasteiger partial charge in [-0.25, -0.2) is 8.42 Å². The van der Waals surface area contributed by atoms with Gasteiger partial charge in [0.15, 0.2) is 0 Å². The van der Waals surface area contributed by atoms with Crippen LogP contribution in [0, 0.1) is 20.8 Å². The minimum Gasteiger partial charge on any atom is -0.352 e. The van der Waals surface area contributed by atoms with Gasteiger partial charge in [0, 0.05) is 17.6 Å². The lowest BCUT2D eigenvalue weighted by molar-refractivity contribution is -0.139.